The fourth-order valence-electron chi connectivity index (χ4n) is 1.72. The topological polar surface area (TPSA) is 61.7 Å². The molecule has 0 saturated heterocycles. The maximum Gasteiger partial charge on any atom is 0.160 e. The van der Waals surface area contributed by atoms with E-state index in [0.717, 1.165) is 11.3 Å². The van der Waals surface area contributed by atoms with E-state index in [-0.39, 0.29) is 11.5 Å². The highest BCUT2D eigenvalue weighted by atomic mass is 79.9. The number of halogens is 2. The molecule has 2 aromatic rings. The van der Waals surface area contributed by atoms with Crippen LogP contribution in [0.25, 0.3) is 0 Å². The molecule has 0 aliphatic heterocycles. The summed E-state index contributed by atoms with van der Waals surface area (Å²) >= 11 is 6.58. The Kier molecular flexibility index (Phi) is 4.77. The standard InChI is InChI=1S/C14H13Br2NO3/c1-20-13-3-2-9(6-12(13)18)17-7-8-4-10(15)14(19)11(16)5-8/h2-6,17-19H,7H2,1H3. The van der Waals surface area contributed by atoms with Gasteiger partial charge in [0.1, 0.15) is 5.75 Å². The van der Waals surface area contributed by atoms with E-state index in [4.69, 9.17) is 4.74 Å². The van der Waals surface area contributed by atoms with Crippen molar-refractivity contribution < 1.29 is 14.9 Å². The number of hydrogen-bond acceptors (Lipinski definition) is 4. The Morgan fingerprint density at radius 3 is 2.30 bits per heavy atom. The van der Waals surface area contributed by atoms with E-state index in [1.54, 1.807) is 12.1 Å². The van der Waals surface area contributed by atoms with Crippen LogP contribution < -0.4 is 10.1 Å². The zero-order valence-electron chi connectivity index (χ0n) is 10.7. The van der Waals surface area contributed by atoms with Crippen LogP contribution in [0.3, 0.4) is 0 Å². The number of ether oxygens (including phenoxy) is 1. The first-order valence-electron chi connectivity index (χ1n) is 5.79. The number of hydrogen-bond donors (Lipinski definition) is 3. The highest BCUT2D eigenvalue weighted by Gasteiger charge is 2.06. The molecule has 0 amide bonds. The molecule has 2 aromatic carbocycles. The van der Waals surface area contributed by atoms with E-state index in [0.29, 0.717) is 21.2 Å². The van der Waals surface area contributed by atoms with E-state index in [1.807, 2.05) is 18.2 Å². The second kappa shape index (κ2) is 6.37. The van der Waals surface area contributed by atoms with Crippen molar-refractivity contribution in [3.05, 3.63) is 44.8 Å². The van der Waals surface area contributed by atoms with Crippen molar-refractivity contribution in [2.24, 2.45) is 0 Å². The molecule has 6 heteroatoms. The third-order valence-electron chi connectivity index (χ3n) is 2.75. The van der Waals surface area contributed by atoms with Crippen molar-refractivity contribution in [3.63, 3.8) is 0 Å². The number of aromatic hydroxyl groups is 2. The molecule has 0 radical (unpaired) electrons. The maximum absolute atomic E-state index is 9.70. The third kappa shape index (κ3) is 3.37. The highest BCUT2D eigenvalue weighted by molar-refractivity contribution is 9.11. The molecule has 0 bridgehead atoms. The minimum Gasteiger partial charge on any atom is -0.506 e. The monoisotopic (exact) mass is 401 g/mol. The van der Waals surface area contributed by atoms with Crippen molar-refractivity contribution in [2.75, 3.05) is 12.4 Å². The van der Waals surface area contributed by atoms with Crippen LogP contribution >= 0.6 is 31.9 Å². The van der Waals surface area contributed by atoms with E-state index in [2.05, 4.69) is 37.2 Å². The lowest BCUT2D eigenvalue weighted by Gasteiger charge is -2.10. The first-order chi connectivity index (χ1) is 9.51. The van der Waals surface area contributed by atoms with E-state index < -0.39 is 0 Å². The van der Waals surface area contributed by atoms with Crippen molar-refractivity contribution >= 4 is 37.5 Å². The van der Waals surface area contributed by atoms with Crippen LogP contribution in [0.5, 0.6) is 17.2 Å². The summed E-state index contributed by atoms with van der Waals surface area (Å²) in [4.78, 5) is 0. The molecule has 0 aliphatic rings. The van der Waals surface area contributed by atoms with Gasteiger partial charge in [-0.1, -0.05) is 0 Å². The van der Waals surface area contributed by atoms with Gasteiger partial charge >= 0.3 is 0 Å². The van der Waals surface area contributed by atoms with Gasteiger partial charge in [-0.25, -0.2) is 0 Å². The average molecular weight is 403 g/mol. The predicted octanol–water partition coefficient (Wildman–Crippen LogP) is 4.24. The van der Waals surface area contributed by atoms with Gasteiger partial charge < -0.3 is 20.3 Å². The van der Waals surface area contributed by atoms with Crippen LogP contribution in [-0.2, 0) is 6.54 Å². The van der Waals surface area contributed by atoms with Crippen molar-refractivity contribution in [2.45, 2.75) is 6.54 Å². The normalized spacial score (nSPS) is 10.3. The van der Waals surface area contributed by atoms with Gasteiger partial charge in [-0.3, -0.25) is 0 Å². The summed E-state index contributed by atoms with van der Waals surface area (Å²) in [5.74, 6) is 0.701. The van der Waals surface area contributed by atoms with Crippen LogP contribution in [0.4, 0.5) is 5.69 Å². The SMILES string of the molecule is COc1ccc(NCc2cc(Br)c(O)c(Br)c2)cc1O. The second-order valence-electron chi connectivity index (χ2n) is 4.15. The zero-order valence-corrected chi connectivity index (χ0v) is 13.8. The Morgan fingerprint density at radius 1 is 1.10 bits per heavy atom. The zero-order chi connectivity index (χ0) is 14.7. The van der Waals surface area contributed by atoms with Crippen LogP contribution in [0.15, 0.2) is 39.3 Å². The second-order valence-corrected chi connectivity index (χ2v) is 5.86. The van der Waals surface area contributed by atoms with Gasteiger partial charge in [0, 0.05) is 18.3 Å². The van der Waals surface area contributed by atoms with Crippen LogP contribution in [0.2, 0.25) is 0 Å². The molecule has 0 aromatic heterocycles. The van der Waals surface area contributed by atoms with Crippen molar-refractivity contribution in [3.8, 4) is 17.2 Å². The average Bonchev–Trinajstić information content (AvgIpc) is 2.42. The summed E-state index contributed by atoms with van der Waals surface area (Å²) in [7, 11) is 1.51. The summed E-state index contributed by atoms with van der Waals surface area (Å²) in [6.07, 6.45) is 0. The molecule has 0 saturated carbocycles. The maximum atomic E-state index is 9.70. The quantitative estimate of drug-likeness (QED) is 0.715. The van der Waals surface area contributed by atoms with Gasteiger partial charge in [-0.05, 0) is 61.7 Å². The number of phenols is 2. The lowest BCUT2D eigenvalue weighted by Crippen LogP contribution is -1.99. The molecular formula is C14H13Br2NO3. The first kappa shape index (κ1) is 15.0. The minimum atomic E-state index is 0.0885. The van der Waals surface area contributed by atoms with Crippen molar-refractivity contribution in [1.82, 2.24) is 0 Å². The predicted molar refractivity (Wildman–Crippen MR) is 85.5 cm³/mol. The van der Waals surface area contributed by atoms with Gasteiger partial charge in [0.2, 0.25) is 0 Å². The molecule has 4 nitrogen and oxygen atoms in total. The lowest BCUT2D eigenvalue weighted by atomic mass is 10.2. The van der Waals surface area contributed by atoms with Gasteiger partial charge in [0.05, 0.1) is 16.1 Å². The molecule has 106 valence electrons. The molecule has 0 atom stereocenters. The van der Waals surface area contributed by atoms with Gasteiger partial charge in [-0.2, -0.15) is 0 Å². The van der Waals surface area contributed by atoms with Crippen LogP contribution in [0, 0.1) is 0 Å². The summed E-state index contributed by atoms with van der Waals surface area (Å²) in [5, 5.41) is 22.5. The number of benzene rings is 2. The number of phenolic OH excluding ortho intramolecular Hbond substituents is 2. The molecule has 0 fully saturated rings. The summed E-state index contributed by atoms with van der Waals surface area (Å²) in [5.41, 5.74) is 1.76. The summed E-state index contributed by atoms with van der Waals surface area (Å²) in [6, 6.07) is 8.78. The Labute approximate surface area is 133 Å². The van der Waals surface area contributed by atoms with Gasteiger partial charge in [-0.15, -0.1) is 0 Å². The molecule has 3 N–H and O–H groups in total. The number of nitrogens with one attached hydrogen (secondary N) is 1. The van der Waals surface area contributed by atoms with Gasteiger partial charge in [0.15, 0.2) is 11.5 Å². The summed E-state index contributed by atoms with van der Waals surface area (Å²) in [6.45, 7) is 0.559. The number of methoxy groups -OCH3 is 1. The fraction of sp³-hybridized carbons (Fsp3) is 0.143. The number of anilines is 1. The van der Waals surface area contributed by atoms with E-state index >= 15 is 0 Å². The van der Waals surface area contributed by atoms with Gasteiger partial charge in [0.25, 0.3) is 0 Å². The molecule has 0 unspecified atom stereocenters. The smallest absolute Gasteiger partial charge is 0.160 e. The Morgan fingerprint density at radius 2 is 1.75 bits per heavy atom. The van der Waals surface area contributed by atoms with Crippen LogP contribution in [-0.4, -0.2) is 17.3 Å². The van der Waals surface area contributed by atoms with Crippen LogP contribution in [0.1, 0.15) is 5.56 Å². The van der Waals surface area contributed by atoms with Crippen molar-refractivity contribution in [1.29, 1.82) is 0 Å². The fourth-order valence-corrected chi connectivity index (χ4v) is 3.01. The Hall–Kier alpha value is -1.40. The lowest BCUT2D eigenvalue weighted by molar-refractivity contribution is 0.373. The molecule has 0 aliphatic carbocycles. The largest absolute Gasteiger partial charge is 0.506 e. The number of rotatable bonds is 4. The highest BCUT2D eigenvalue weighted by Crippen LogP contribution is 2.34. The third-order valence-corrected chi connectivity index (χ3v) is 3.96. The van der Waals surface area contributed by atoms with E-state index in [9.17, 15) is 10.2 Å². The molecule has 0 spiro atoms. The molecule has 0 heterocycles. The molecule has 2 rings (SSSR count). The molecular weight excluding hydrogens is 390 g/mol. The Balaban J connectivity index is 2.11. The minimum absolute atomic E-state index is 0.0885. The Bertz CT molecular complexity index is 609. The molecule has 20 heavy (non-hydrogen) atoms. The van der Waals surface area contributed by atoms with E-state index in [1.165, 1.54) is 7.11 Å². The first-order valence-corrected chi connectivity index (χ1v) is 7.37. The summed E-state index contributed by atoms with van der Waals surface area (Å²) < 4.78 is 6.24.